The molecule has 24 heavy (non-hydrogen) atoms. The van der Waals surface area contributed by atoms with Crippen LogP contribution in [0.4, 0.5) is 0 Å². The number of amides is 1. The van der Waals surface area contributed by atoms with Gasteiger partial charge >= 0.3 is 10.1 Å². The van der Waals surface area contributed by atoms with E-state index in [1.807, 2.05) is 18.7 Å². The molecule has 0 N–H and O–H groups in total. The summed E-state index contributed by atoms with van der Waals surface area (Å²) < 4.78 is 32.7. The van der Waals surface area contributed by atoms with Crippen molar-refractivity contribution in [1.82, 2.24) is 4.90 Å². The monoisotopic (exact) mass is 355 g/mol. The zero-order chi connectivity index (χ0) is 17.7. The number of carbonyl (C=O) groups excluding carboxylic acids is 1. The van der Waals surface area contributed by atoms with Crippen LogP contribution in [0.15, 0.2) is 24.3 Å². The van der Waals surface area contributed by atoms with E-state index in [9.17, 15) is 13.2 Å². The second-order valence-electron chi connectivity index (χ2n) is 6.44. The molecule has 7 heteroatoms. The van der Waals surface area contributed by atoms with Gasteiger partial charge in [0.15, 0.2) is 0 Å². The lowest BCUT2D eigenvalue weighted by Gasteiger charge is -2.27. The van der Waals surface area contributed by atoms with Crippen molar-refractivity contribution in [2.45, 2.75) is 39.3 Å². The fraction of sp³-hybridized carbons (Fsp3) is 0.588. The van der Waals surface area contributed by atoms with Crippen molar-refractivity contribution in [2.75, 3.05) is 19.4 Å². The molecule has 1 saturated heterocycles. The maximum Gasteiger partial charge on any atom is 0.306 e. The summed E-state index contributed by atoms with van der Waals surface area (Å²) in [6, 6.07) is 6.74. The molecule has 0 bridgehead atoms. The Bertz CT molecular complexity index is 648. The zero-order valence-corrected chi connectivity index (χ0v) is 15.2. The van der Waals surface area contributed by atoms with Crippen LogP contribution in [0.1, 0.15) is 32.3 Å². The summed E-state index contributed by atoms with van der Waals surface area (Å²) in [7, 11) is -3.53. The molecule has 0 aliphatic carbocycles. The first-order chi connectivity index (χ1) is 11.2. The molecule has 0 spiro atoms. The molecule has 1 atom stereocenters. The van der Waals surface area contributed by atoms with Gasteiger partial charge in [0.25, 0.3) is 0 Å². The second kappa shape index (κ2) is 7.98. The highest BCUT2D eigenvalue weighted by atomic mass is 32.2. The first kappa shape index (κ1) is 18.7. The van der Waals surface area contributed by atoms with Crippen LogP contribution >= 0.6 is 0 Å². The molecular weight excluding hydrogens is 330 g/mol. The van der Waals surface area contributed by atoms with Crippen molar-refractivity contribution in [1.29, 1.82) is 0 Å². The predicted octanol–water partition coefficient (Wildman–Crippen LogP) is 2.19. The van der Waals surface area contributed by atoms with Crippen LogP contribution in [-0.2, 0) is 26.2 Å². The van der Waals surface area contributed by atoms with Crippen LogP contribution in [0.5, 0.6) is 5.75 Å². The molecule has 1 amide bonds. The molecular formula is C17H25NO5S. The largest absolute Gasteiger partial charge is 0.383 e. The number of carbonyl (C=O) groups is 1. The molecule has 0 radical (unpaired) electrons. The topological polar surface area (TPSA) is 72.9 Å². The van der Waals surface area contributed by atoms with Gasteiger partial charge in [-0.1, -0.05) is 26.0 Å². The van der Waals surface area contributed by atoms with Gasteiger partial charge in [0.1, 0.15) is 5.75 Å². The molecule has 1 aliphatic heterocycles. The van der Waals surface area contributed by atoms with Crippen LogP contribution < -0.4 is 4.18 Å². The lowest BCUT2D eigenvalue weighted by molar-refractivity contribution is -0.136. The van der Waals surface area contributed by atoms with Gasteiger partial charge in [-0.15, -0.1) is 0 Å². The van der Waals surface area contributed by atoms with Crippen molar-refractivity contribution in [3.63, 3.8) is 0 Å². The summed E-state index contributed by atoms with van der Waals surface area (Å²) in [5, 5.41) is 0. The van der Waals surface area contributed by atoms with E-state index in [0.29, 0.717) is 13.1 Å². The number of hydrogen-bond acceptors (Lipinski definition) is 5. The Morgan fingerprint density at radius 2 is 2.00 bits per heavy atom. The summed E-state index contributed by atoms with van der Waals surface area (Å²) in [5.74, 6) is 0.267. The van der Waals surface area contributed by atoms with E-state index in [0.717, 1.165) is 31.3 Å². The number of hydrogen-bond donors (Lipinski definition) is 0. The Morgan fingerprint density at radius 3 is 2.50 bits per heavy atom. The van der Waals surface area contributed by atoms with Crippen molar-refractivity contribution in [2.24, 2.45) is 5.92 Å². The maximum absolute atomic E-state index is 12.5. The third-order valence-electron chi connectivity index (χ3n) is 3.80. The minimum absolute atomic E-state index is 0.0840. The predicted molar refractivity (Wildman–Crippen MR) is 91.1 cm³/mol. The smallest absolute Gasteiger partial charge is 0.306 e. The summed E-state index contributed by atoms with van der Waals surface area (Å²) in [6.45, 7) is 5.57. The van der Waals surface area contributed by atoms with Crippen molar-refractivity contribution in [3.8, 4) is 5.75 Å². The molecule has 1 heterocycles. The van der Waals surface area contributed by atoms with E-state index in [-0.39, 0.29) is 23.7 Å². The molecule has 1 unspecified atom stereocenters. The average Bonchev–Trinajstić information content (AvgIpc) is 2.99. The summed E-state index contributed by atoms with van der Waals surface area (Å²) in [4.78, 5) is 14.3. The Kier molecular flexibility index (Phi) is 6.23. The summed E-state index contributed by atoms with van der Waals surface area (Å²) >= 11 is 0. The maximum atomic E-state index is 12.5. The van der Waals surface area contributed by atoms with Crippen LogP contribution in [0, 0.1) is 5.92 Å². The van der Waals surface area contributed by atoms with E-state index >= 15 is 0 Å². The Hall–Kier alpha value is -1.60. The van der Waals surface area contributed by atoms with Gasteiger partial charge < -0.3 is 13.8 Å². The summed E-state index contributed by atoms with van der Waals surface area (Å²) in [6.07, 6.45) is 3.11. The standard InChI is InChI=1S/C17H25NO5S/c1-13(2)17(19)18(12-16-5-4-10-22-16)11-14-6-8-15(9-7-14)23-24(3,20)21/h6-9,13,16H,4-5,10-12H2,1-3H3. The zero-order valence-electron chi connectivity index (χ0n) is 14.4. The van der Waals surface area contributed by atoms with Gasteiger partial charge in [-0.25, -0.2) is 0 Å². The molecule has 1 aliphatic rings. The van der Waals surface area contributed by atoms with Crippen molar-refractivity contribution in [3.05, 3.63) is 29.8 Å². The lowest BCUT2D eigenvalue weighted by atomic mass is 10.1. The molecule has 6 nitrogen and oxygen atoms in total. The van der Waals surface area contributed by atoms with Gasteiger partial charge in [0.2, 0.25) is 5.91 Å². The molecule has 1 aromatic carbocycles. The fourth-order valence-electron chi connectivity index (χ4n) is 2.68. The van der Waals surface area contributed by atoms with Gasteiger partial charge in [0.05, 0.1) is 12.4 Å². The highest BCUT2D eigenvalue weighted by molar-refractivity contribution is 7.86. The third-order valence-corrected chi connectivity index (χ3v) is 4.29. The first-order valence-corrected chi connectivity index (χ1v) is 9.95. The van der Waals surface area contributed by atoms with Gasteiger partial charge in [0, 0.05) is 25.6 Å². The number of benzene rings is 1. The quantitative estimate of drug-likeness (QED) is 0.701. The highest BCUT2D eigenvalue weighted by Gasteiger charge is 2.24. The summed E-state index contributed by atoms with van der Waals surface area (Å²) in [5.41, 5.74) is 0.919. The van der Waals surface area contributed by atoms with E-state index in [1.54, 1.807) is 24.3 Å². The SMILES string of the molecule is CC(C)C(=O)N(Cc1ccc(OS(C)(=O)=O)cc1)CC1CCCO1. The fourth-order valence-corrected chi connectivity index (χ4v) is 3.14. The molecule has 1 aromatic rings. The normalized spacial score (nSPS) is 17.9. The van der Waals surface area contributed by atoms with Gasteiger partial charge in [-0.05, 0) is 30.5 Å². The van der Waals surface area contributed by atoms with E-state index < -0.39 is 10.1 Å². The Labute approximate surface area is 143 Å². The lowest BCUT2D eigenvalue weighted by Crippen LogP contribution is -2.39. The van der Waals surface area contributed by atoms with Crippen LogP contribution in [0.2, 0.25) is 0 Å². The molecule has 2 rings (SSSR count). The molecule has 0 saturated carbocycles. The minimum atomic E-state index is -3.53. The molecule has 0 aromatic heterocycles. The van der Waals surface area contributed by atoms with Crippen LogP contribution in [0.25, 0.3) is 0 Å². The number of rotatable bonds is 7. The van der Waals surface area contributed by atoms with Crippen molar-refractivity contribution >= 4 is 16.0 Å². The highest BCUT2D eigenvalue weighted by Crippen LogP contribution is 2.19. The van der Waals surface area contributed by atoms with Crippen LogP contribution in [-0.4, -0.2) is 44.7 Å². The number of ether oxygens (including phenoxy) is 1. The average molecular weight is 355 g/mol. The Balaban J connectivity index is 2.06. The first-order valence-electron chi connectivity index (χ1n) is 8.13. The van der Waals surface area contributed by atoms with Crippen molar-refractivity contribution < 1.29 is 22.1 Å². The minimum Gasteiger partial charge on any atom is -0.383 e. The molecule has 134 valence electrons. The second-order valence-corrected chi connectivity index (χ2v) is 8.01. The van der Waals surface area contributed by atoms with E-state index in [4.69, 9.17) is 8.92 Å². The number of nitrogens with zero attached hydrogens (tertiary/aromatic N) is 1. The molecule has 1 fully saturated rings. The van der Waals surface area contributed by atoms with Crippen LogP contribution in [0.3, 0.4) is 0 Å². The van der Waals surface area contributed by atoms with Gasteiger partial charge in [-0.3, -0.25) is 4.79 Å². The van der Waals surface area contributed by atoms with E-state index in [2.05, 4.69) is 0 Å². The Morgan fingerprint density at radius 1 is 1.33 bits per heavy atom. The third kappa shape index (κ3) is 5.79. The van der Waals surface area contributed by atoms with E-state index in [1.165, 1.54) is 0 Å². The van der Waals surface area contributed by atoms with Gasteiger partial charge in [-0.2, -0.15) is 8.42 Å².